The zero-order chi connectivity index (χ0) is 12.4. The van der Waals surface area contributed by atoms with Crippen molar-refractivity contribution in [3.05, 3.63) is 29.3 Å². The Morgan fingerprint density at radius 3 is 2.44 bits per heavy atom. The van der Waals surface area contributed by atoms with E-state index < -0.39 is 17.7 Å². The summed E-state index contributed by atoms with van der Waals surface area (Å²) in [6.07, 6.45) is 0. The third-order valence-electron chi connectivity index (χ3n) is 1.36. The molecule has 0 aliphatic rings. The van der Waals surface area contributed by atoms with E-state index in [4.69, 9.17) is 16.5 Å². The summed E-state index contributed by atoms with van der Waals surface area (Å²) in [4.78, 5) is 8.37. The van der Waals surface area contributed by atoms with Gasteiger partial charge in [0.15, 0.2) is 0 Å². The van der Waals surface area contributed by atoms with Gasteiger partial charge in [-0.25, -0.2) is 0 Å². The lowest BCUT2D eigenvalue weighted by molar-refractivity contribution is -0.100. The molecule has 1 unspecified atom stereocenters. The van der Waals surface area contributed by atoms with Gasteiger partial charge in [0, 0.05) is 6.66 Å². The highest BCUT2D eigenvalue weighted by molar-refractivity contribution is 7.87. The summed E-state index contributed by atoms with van der Waals surface area (Å²) in [5, 5.41) is -0.0741. The molecule has 0 bridgehead atoms. The Bertz CT molecular complexity index is 521. The van der Waals surface area contributed by atoms with Gasteiger partial charge in [-0.1, -0.05) is 28.1 Å². The van der Waals surface area contributed by atoms with Crippen LogP contribution in [0.5, 0.6) is 0 Å². The smallest absolute Gasteiger partial charge is 0.323 e. The minimum atomic E-state index is -4.31. The highest BCUT2D eigenvalue weighted by atomic mass is 35.5. The molecule has 0 amide bonds. The van der Waals surface area contributed by atoms with Crippen LogP contribution >= 0.6 is 19.2 Å². The molecule has 9 heteroatoms. The fraction of sp³-hybridized carbons (Fsp3) is 0.143. The van der Waals surface area contributed by atoms with Crippen LogP contribution < -0.4 is 0 Å². The van der Waals surface area contributed by atoms with Gasteiger partial charge in [-0.2, -0.15) is 8.42 Å². The van der Waals surface area contributed by atoms with E-state index in [1.165, 1.54) is 24.3 Å². The molecular formula is C7H8ClO6PS. The van der Waals surface area contributed by atoms with E-state index in [9.17, 15) is 13.0 Å². The number of halogens is 1. The first-order valence-electron chi connectivity index (χ1n) is 3.90. The summed E-state index contributed by atoms with van der Waals surface area (Å²) in [5.41, 5.74) is 0. The van der Waals surface area contributed by atoms with E-state index in [0.717, 1.165) is 6.66 Å². The second-order valence-electron chi connectivity index (χ2n) is 2.83. The molecule has 0 aromatic heterocycles. The molecule has 0 radical (unpaired) electrons. The first-order valence-corrected chi connectivity index (χ1v) is 7.71. The van der Waals surface area contributed by atoms with Crippen molar-refractivity contribution in [2.75, 3.05) is 6.66 Å². The molecule has 0 saturated heterocycles. The monoisotopic (exact) mass is 286 g/mol. The molecule has 1 atom stereocenters. The fourth-order valence-electron chi connectivity index (χ4n) is 0.781. The van der Waals surface area contributed by atoms with Crippen molar-refractivity contribution in [3.63, 3.8) is 0 Å². The molecule has 6 nitrogen and oxygen atoms in total. The van der Waals surface area contributed by atoms with Crippen molar-refractivity contribution in [2.45, 2.75) is 4.90 Å². The van der Waals surface area contributed by atoms with Crippen molar-refractivity contribution in [1.82, 2.24) is 0 Å². The summed E-state index contributed by atoms with van der Waals surface area (Å²) in [6.45, 7) is 0.787. The van der Waals surface area contributed by atoms with Gasteiger partial charge >= 0.3 is 17.7 Å². The van der Waals surface area contributed by atoms with Crippen LogP contribution in [0.25, 0.3) is 0 Å². The average Bonchev–Trinajstić information content (AvgIpc) is 2.14. The lowest BCUT2D eigenvalue weighted by atomic mass is 10.4. The Kier molecular flexibility index (Phi) is 4.12. The van der Waals surface area contributed by atoms with Crippen LogP contribution in [-0.2, 0) is 23.7 Å². The fourth-order valence-corrected chi connectivity index (χ4v) is 2.60. The van der Waals surface area contributed by atoms with Gasteiger partial charge in [0.2, 0.25) is 0 Å². The van der Waals surface area contributed by atoms with Crippen LogP contribution in [0.3, 0.4) is 0 Å². The van der Waals surface area contributed by atoms with E-state index in [0.29, 0.717) is 0 Å². The van der Waals surface area contributed by atoms with Gasteiger partial charge in [0.1, 0.15) is 4.90 Å². The van der Waals surface area contributed by atoms with E-state index in [1.54, 1.807) is 0 Å². The zero-order valence-corrected chi connectivity index (χ0v) is 10.5. The lowest BCUT2D eigenvalue weighted by Crippen LogP contribution is -2.06. The van der Waals surface area contributed by atoms with E-state index in [1.807, 2.05) is 0 Å². The minimum Gasteiger partial charge on any atom is -0.323 e. The molecule has 1 aromatic rings. The Labute approximate surface area is 97.3 Å². The second-order valence-corrected chi connectivity index (χ2v) is 6.48. The molecule has 0 spiro atoms. The number of benzene rings is 1. The zero-order valence-electron chi connectivity index (χ0n) is 8.03. The van der Waals surface area contributed by atoms with Crippen molar-refractivity contribution in [1.29, 1.82) is 0 Å². The van der Waals surface area contributed by atoms with Gasteiger partial charge < -0.3 is 4.89 Å². The molecule has 1 N–H and O–H groups in total. The number of hydrogen-bond acceptors (Lipinski definition) is 5. The predicted molar refractivity (Wildman–Crippen MR) is 56.6 cm³/mol. The Morgan fingerprint density at radius 2 is 1.94 bits per heavy atom. The Morgan fingerprint density at radius 1 is 1.38 bits per heavy atom. The average molecular weight is 287 g/mol. The second kappa shape index (κ2) is 4.83. The van der Waals surface area contributed by atoms with Gasteiger partial charge in [-0.3, -0.25) is 4.57 Å². The molecule has 0 heterocycles. The Hall–Kier alpha value is -0.430. The van der Waals surface area contributed by atoms with Gasteiger partial charge in [0.05, 0.1) is 5.02 Å². The molecule has 0 aliphatic carbocycles. The molecule has 0 aliphatic heterocycles. The first kappa shape index (κ1) is 13.6. The lowest BCUT2D eigenvalue weighted by Gasteiger charge is -2.07. The molecule has 0 fully saturated rings. The van der Waals surface area contributed by atoms with Crippen molar-refractivity contribution < 1.29 is 26.9 Å². The van der Waals surface area contributed by atoms with Gasteiger partial charge in [-0.15, -0.1) is 4.67 Å². The van der Waals surface area contributed by atoms with E-state index in [2.05, 4.69) is 9.01 Å². The van der Waals surface area contributed by atoms with Crippen LogP contribution in [0.15, 0.2) is 29.2 Å². The summed E-state index contributed by atoms with van der Waals surface area (Å²) >= 11 is 5.61. The van der Waals surface area contributed by atoms with Crippen LogP contribution in [0.2, 0.25) is 5.02 Å². The predicted octanol–water partition coefficient (Wildman–Crippen LogP) is 1.79. The highest BCUT2D eigenvalue weighted by Crippen LogP contribution is 2.38. The summed E-state index contributed by atoms with van der Waals surface area (Å²) in [6, 6.07) is 5.47. The largest absolute Gasteiger partial charge is 0.354 e. The third-order valence-corrected chi connectivity index (χ3v) is 3.40. The third kappa shape index (κ3) is 3.86. The van der Waals surface area contributed by atoms with Crippen LogP contribution in [0, 0.1) is 0 Å². The highest BCUT2D eigenvalue weighted by Gasteiger charge is 2.23. The van der Waals surface area contributed by atoms with E-state index in [-0.39, 0.29) is 9.92 Å². The van der Waals surface area contributed by atoms with Gasteiger partial charge in [0.25, 0.3) is 0 Å². The normalized spacial score (nSPS) is 15.7. The van der Waals surface area contributed by atoms with Crippen molar-refractivity contribution >= 4 is 29.3 Å². The molecule has 16 heavy (non-hydrogen) atoms. The summed E-state index contributed by atoms with van der Waals surface area (Å²) in [5.74, 6) is 0. The number of hydrogen-bond donors (Lipinski definition) is 1. The van der Waals surface area contributed by atoms with Crippen LogP contribution in [-0.4, -0.2) is 20.0 Å². The Balaban J connectivity index is 2.96. The summed E-state index contributed by atoms with van der Waals surface area (Å²) in [7, 11) is -8.35. The summed E-state index contributed by atoms with van der Waals surface area (Å²) < 4.78 is 41.4. The van der Waals surface area contributed by atoms with Crippen LogP contribution in [0.4, 0.5) is 0 Å². The quantitative estimate of drug-likeness (QED) is 0.515. The van der Waals surface area contributed by atoms with Crippen molar-refractivity contribution in [2.24, 2.45) is 0 Å². The SMILES string of the molecule is CP(=O)(O)OOS(=O)(=O)c1ccccc1Cl. The maximum Gasteiger partial charge on any atom is 0.354 e. The number of rotatable bonds is 4. The topological polar surface area (TPSA) is 89.9 Å². The first-order chi connectivity index (χ1) is 7.22. The van der Waals surface area contributed by atoms with Gasteiger partial charge in [-0.05, 0) is 12.1 Å². The van der Waals surface area contributed by atoms with Crippen LogP contribution in [0.1, 0.15) is 0 Å². The maximum absolute atomic E-state index is 11.4. The maximum atomic E-state index is 11.4. The molecule has 0 saturated carbocycles. The van der Waals surface area contributed by atoms with E-state index >= 15 is 0 Å². The molecule has 1 aromatic carbocycles. The molecular weight excluding hydrogens is 279 g/mol. The minimum absolute atomic E-state index is 0.0741. The molecule has 90 valence electrons. The molecule has 1 rings (SSSR count). The standard InChI is InChI=1S/C7H8ClO6PS/c1-15(9,10)13-14-16(11,12)7-5-3-2-4-6(7)8/h2-5H,1H3,(H,9,10). The van der Waals surface area contributed by atoms with Crippen molar-refractivity contribution in [3.8, 4) is 0 Å².